The Morgan fingerprint density at radius 1 is 0.609 bits per heavy atom. The standard InChI is InChI=1S/C16H36O6Si/c1-7-17-15(5,18-8-2)11-13-21-23-22-14-12-16(6,19-9-3)20-10-4/h7-14,23H2,1-6H3. The molecule has 0 amide bonds. The number of rotatable bonds is 16. The molecule has 7 heteroatoms. The van der Waals surface area contributed by atoms with Gasteiger partial charge in [0.1, 0.15) is 0 Å². The first-order chi connectivity index (χ1) is 10.9. The summed E-state index contributed by atoms with van der Waals surface area (Å²) in [5.74, 6) is -1.14. The summed E-state index contributed by atoms with van der Waals surface area (Å²) in [7, 11) is -1.00. The van der Waals surface area contributed by atoms with Gasteiger partial charge in [0.25, 0.3) is 0 Å². The van der Waals surface area contributed by atoms with E-state index in [1.165, 1.54) is 0 Å². The molecular formula is C16H36O6Si. The second-order valence-corrected chi connectivity index (χ2v) is 6.49. The third-order valence-electron chi connectivity index (χ3n) is 3.37. The molecule has 0 aliphatic carbocycles. The highest BCUT2D eigenvalue weighted by atomic mass is 28.3. The van der Waals surface area contributed by atoms with Gasteiger partial charge in [-0.05, 0) is 41.5 Å². The Hall–Kier alpha value is -0.0231. The number of hydrogen-bond donors (Lipinski definition) is 0. The van der Waals surface area contributed by atoms with Gasteiger partial charge in [0.05, 0.1) is 0 Å². The molecule has 0 heterocycles. The van der Waals surface area contributed by atoms with Crippen molar-refractivity contribution < 1.29 is 27.8 Å². The van der Waals surface area contributed by atoms with Crippen LogP contribution in [0.3, 0.4) is 0 Å². The van der Waals surface area contributed by atoms with Crippen LogP contribution in [-0.4, -0.2) is 61.2 Å². The maximum Gasteiger partial charge on any atom is 0.304 e. The molecule has 0 rings (SSSR count). The van der Waals surface area contributed by atoms with E-state index < -0.39 is 21.6 Å². The molecule has 0 fully saturated rings. The maximum atomic E-state index is 5.64. The molecule has 0 aromatic carbocycles. The Balaban J connectivity index is 3.83. The normalized spacial score (nSPS) is 12.8. The highest BCUT2D eigenvalue weighted by Gasteiger charge is 2.25. The monoisotopic (exact) mass is 352 g/mol. The van der Waals surface area contributed by atoms with E-state index in [9.17, 15) is 0 Å². The first-order valence-electron chi connectivity index (χ1n) is 8.66. The molecule has 0 unspecified atom stereocenters. The van der Waals surface area contributed by atoms with Gasteiger partial charge in [0.15, 0.2) is 11.6 Å². The third kappa shape index (κ3) is 11.2. The second kappa shape index (κ2) is 13.3. The van der Waals surface area contributed by atoms with Crippen LogP contribution in [0.4, 0.5) is 0 Å². The van der Waals surface area contributed by atoms with Gasteiger partial charge in [-0.2, -0.15) is 0 Å². The summed E-state index contributed by atoms with van der Waals surface area (Å²) in [6.07, 6.45) is 1.39. The number of hydrogen-bond acceptors (Lipinski definition) is 6. The molecule has 0 atom stereocenters. The zero-order valence-corrected chi connectivity index (χ0v) is 17.2. The van der Waals surface area contributed by atoms with Crippen molar-refractivity contribution in [1.82, 2.24) is 0 Å². The van der Waals surface area contributed by atoms with E-state index in [1.54, 1.807) is 0 Å². The van der Waals surface area contributed by atoms with E-state index in [0.717, 1.165) is 0 Å². The van der Waals surface area contributed by atoms with Gasteiger partial charge in [-0.3, -0.25) is 0 Å². The van der Waals surface area contributed by atoms with Crippen LogP contribution in [0.5, 0.6) is 0 Å². The van der Waals surface area contributed by atoms with Gasteiger partial charge in [-0.15, -0.1) is 0 Å². The largest absolute Gasteiger partial charge is 0.399 e. The minimum Gasteiger partial charge on any atom is -0.399 e. The van der Waals surface area contributed by atoms with Crippen LogP contribution in [0, 0.1) is 0 Å². The van der Waals surface area contributed by atoms with Crippen molar-refractivity contribution in [3.8, 4) is 0 Å². The van der Waals surface area contributed by atoms with Crippen molar-refractivity contribution in [2.75, 3.05) is 39.6 Å². The van der Waals surface area contributed by atoms with Gasteiger partial charge < -0.3 is 27.8 Å². The van der Waals surface area contributed by atoms with Crippen LogP contribution in [0.15, 0.2) is 0 Å². The van der Waals surface area contributed by atoms with Crippen LogP contribution in [0.1, 0.15) is 54.4 Å². The molecule has 23 heavy (non-hydrogen) atoms. The van der Waals surface area contributed by atoms with Gasteiger partial charge in [-0.25, -0.2) is 0 Å². The molecule has 6 nitrogen and oxygen atoms in total. The Morgan fingerprint density at radius 2 is 0.913 bits per heavy atom. The fourth-order valence-electron chi connectivity index (χ4n) is 2.29. The van der Waals surface area contributed by atoms with Gasteiger partial charge >= 0.3 is 10.0 Å². The predicted octanol–water partition coefficient (Wildman–Crippen LogP) is 2.38. The first kappa shape index (κ1) is 23.0. The fourth-order valence-corrected chi connectivity index (χ4v) is 2.93. The van der Waals surface area contributed by atoms with Crippen molar-refractivity contribution in [3.63, 3.8) is 0 Å². The van der Waals surface area contributed by atoms with Crippen molar-refractivity contribution in [1.29, 1.82) is 0 Å². The summed E-state index contributed by atoms with van der Waals surface area (Å²) < 4.78 is 33.8. The summed E-state index contributed by atoms with van der Waals surface area (Å²) in [6, 6.07) is 0. The number of ether oxygens (including phenoxy) is 4. The Kier molecular flexibility index (Phi) is 13.3. The summed E-state index contributed by atoms with van der Waals surface area (Å²) in [4.78, 5) is 0. The van der Waals surface area contributed by atoms with Crippen molar-refractivity contribution in [2.45, 2.75) is 66.0 Å². The lowest BCUT2D eigenvalue weighted by Gasteiger charge is -2.29. The van der Waals surface area contributed by atoms with E-state index in [4.69, 9.17) is 27.8 Å². The molecule has 140 valence electrons. The SMILES string of the molecule is CCOC(C)(CCO[SiH2]OCCC(C)(OCC)OCC)OCC. The topological polar surface area (TPSA) is 55.4 Å². The fraction of sp³-hybridized carbons (Fsp3) is 1.00. The molecule has 0 radical (unpaired) electrons. The Morgan fingerprint density at radius 3 is 1.17 bits per heavy atom. The van der Waals surface area contributed by atoms with E-state index in [1.807, 2.05) is 41.5 Å². The highest BCUT2D eigenvalue weighted by Crippen LogP contribution is 2.18. The minimum atomic E-state index is -1.00. The first-order valence-corrected chi connectivity index (χ1v) is 9.82. The van der Waals surface area contributed by atoms with Crippen molar-refractivity contribution >= 4 is 10.0 Å². The lowest BCUT2D eigenvalue weighted by Crippen LogP contribution is -2.35. The summed E-state index contributed by atoms with van der Waals surface area (Å²) >= 11 is 0. The molecule has 0 aliphatic rings. The average Bonchev–Trinajstić information content (AvgIpc) is 2.47. The van der Waals surface area contributed by atoms with Crippen molar-refractivity contribution in [3.05, 3.63) is 0 Å². The van der Waals surface area contributed by atoms with E-state index >= 15 is 0 Å². The lowest BCUT2D eigenvalue weighted by molar-refractivity contribution is -0.228. The highest BCUT2D eigenvalue weighted by molar-refractivity contribution is 6.17. The molecule has 0 aliphatic heterocycles. The minimum absolute atomic E-state index is 0.569. The average molecular weight is 353 g/mol. The third-order valence-corrected chi connectivity index (χ3v) is 4.28. The smallest absolute Gasteiger partial charge is 0.304 e. The molecule has 0 saturated heterocycles. The van der Waals surface area contributed by atoms with Crippen LogP contribution in [0.2, 0.25) is 0 Å². The van der Waals surface area contributed by atoms with Crippen LogP contribution in [0.25, 0.3) is 0 Å². The summed E-state index contributed by atoms with van der Waals surface area (Å²) in [5.41, 5.74) is 0. The second-order valence-electron chi connectivity index (χ2n) is 5.43. The van der Waals surface area contributed by atoms with Gasteiger partial charge in [0, 0.05) is 52.5 Å². The molecular weight excluding hydrogens is 316 g/mol. The van der Waals surface area contributed by atoms with Crippen LogP contribution >= 0.6 is 0 Å². The van der Waals surface area contributed by atoms with Crippen molar-refractivity contribution in [2.24, 2.45) is 0 Å². The predicted molar refractivity (Wildman–Crippen MR) is 93.0 cm³/mol. The zero-order valence-electron chi connectivity index (χ0n) is 15.8. The van der Waals surface area contributed by atoms with Crippen LogP contribution < -0.4 is 0 Å². The quantitative estimate of drug-likeness (QED) is 0.241. The Bertz CT molecular complexity index is 239. The summed E-state index contributed by atoms with van der Waals surface area (Å²) in [6.45, 7) is 15.4. The molecule has 0 saturated carbocycles. The Labute approximate surface area is 144 Å². The zero-order chi connectivity index (χ0) is 17.6. The molecule has 0 aromatic rings. The van der Waals surface area contributed by atoms with Crippen LogP contribution in [-0.2, 0) is 27.8 Å². The molecule has 0 spiro atoms. The summed E-state index contributed by atoms with van der Waals surface area (Å²) in [5, 5.41) is 0. The van der Waals surface area contributed by atoms with E-state index in [2.05, 4.69) is 0 Å². The van der Waals surface area contributed by atoms with E-state index in [-0.39, 0.29) is 0 Å². The van der Waals surface area contributed by atoms with Gasteiger partial charge in [-0.1, -0.05) is 0 Å². The maximum absolute atomic E-state index is 5.64. The molecule has 0 aromatic heterocycles. The molecule has 0 bridgehead atoms. The lowest BCUT2D eigenvalue weighted by atomic mass is 10.2. The molecule has 0 N–H and O–H groups in total. The van der Waals surface area contributed by atoms with E-state index in [0.29, 0.717) is 52.5 Å². The van der Waals surface area contributed by atoms with Gasteiger partial charge in [0.2, 0.25) is 0 Å².